The number of aromatic nitrogens is 2. The van der Waals surface area contributed by atoms with Gasteiger partial charge in [0, 0.05) is 6.20 Å². The maximum Gasteiger partial charge on any atom is 0.359 e. The van der Waals surface area contributed by atoms with Crippen LogP contribution in [-0.2, 0) is 4.74 Å². The summed E-state index contributed by atoms with van der Waals surface area (Å²) in [5.74, 6) is 0.285. The first-order valence-electron chi connectivity index (χ1n) is 5.13. The lowest BCUT2D eigenvalue weighted by atomic mass is 10.3. The van der Waals surface area contributed by atoms with Gasteiger partial charge in [-0.15, -0.1) is 0 Å². The van der Waals surface area contributed by atoms with Crippen molar-refractivity contribution >= 4 is 21.9 Å². The minimum atomic E-state index is -0.478. The number of nitrogens with zero attached hydrogens (tertiary/aromatic N) is 2. The highest BCUT2D eigenvalue weighted by Gasteiger charge is 2.15. The number of carbonyl (C=O) groups excluding carboxylic acids is 1. The maximum atomic E-state index is 11.4. The Hall–Kier alpha value is -1.82. The zero-order valence-electron chi connectivity index (χ0n) is 9.88. The van der Waals surface area contributed by atoms with Crippen LogP contribution in [0.1, 0.15) is 10.5 Å². The van der Waals surface area contributed by atoms with Crippen molar-refractivity contribution < 1.29 is 14.3 Å². The van der Waals surface area contributed by atoms with E-state index in [1.54, 1.807) is 18.0 Å². The molecule has 0 atom stereocenters. The molecule has 6 heteroatoms. The number of carbonyl (C=O) groups is 1. The summed E-state index contributed by atoms with van der Waals surface area (Å²) in [6, 6.07) is 7.34. The number of methoxy groups -OCH3 is 2. The fraction of sp³-hybridized carbons (Fsp3) is 0.167. The summed E-state index contributed by atoms with van der Waals surface area (Å²) in [4.78, 5) is 11.4. The van der Waals surface area contributed by atoms with Crippen molar-refractivity contribution in [1.29, 1.82) is 0 Å². The predicted molar refractivity (Wildman–Crippen MR) is 69.2 cm³/mol. The molecule has 0 aliphatic heterocycles. The molecule has 94 valence electrons. The molecule has 5 nitrogen and oxygen atoms in total. The predicted octanol–water partition coefficient (Wildman–Crippen LogP) is 2.43. The van der Waals surface area contributed by atoms with Crippen LogP contribution in [0.2, 0.25) is 0 Å². The largest absolute Gasteiger partial charge is 0.497 e. The first-order chi connectivity index (χ1) is 8.65. The molecule has 0 aliphatic rings. The minimum absolute atomic E-state index is 0.244. The molecule has 0 N–H and O–H groups in total. The highest BCUT2D eigenvalue weighted by atomic mass is 79.9. The molecule has 0 aliphatic carbocycles. The smallest absolute Gasteiger partial charge is 0.359 e. The van der Waals surface area contributed by atoms with Crippen LogP contribution in [0.3, 0.4) is 0 Å². The van der Waals surface area contributed by atoms with Crippen LogP contribution >= 0.6 is 15.9 Å². The summed E-state index contributed by atoms with van der Waals surface area (Å²) >= 11 is 3.28. The van der Waals surface area contributed by atoms with Crippen molar-refractivity contribution in [3.8, 4) is 11.4 Å². The van der Waals surface area contributed by atoms with Gasteiger partial charge in [0.1, 0.15) is 5.75 Å². The van der Waals surface area contributed by atoms with Gasteiger partial charge in [0.05, 0.1) is 24.4 Å². The lowest BCUT2D eigenvalue weighted by molar-refractivity contribution is 0.0592. The molecule has 0 radical (unpaired) electrons. The third-order valence-electron chi connectivity index (χ3n) is 2.39. The third kappa shape index (κ3) is 2.38. The fourth-order valence-corrected chi connectivity index (χ4v) is 1.89. The van der Waals surface area contributed by atoms with E-state index < -0.39 is 5.97 Å². The van der Waals surface area contributed by atoms with Crippen LogP contribution in [0, 0.1) is 0 Å². The van der Waals surface area contributed by atoms with Crippen LogP contribution in [0.25, 0.3) is 5.69 Å². The first kappa shape index (κ1) is 12.6. The number of ether oxygens (including phenoxy) is 2. The maximum absolute atomic E-state index is 11.4. The van der Waals surface area contributed by atoms with E-state index in [2.05, 4.69) is 25.8 Å². The zero-order chi connectivity index (χ0) is 13.1. The molecular formula is C12H11BrN2O3. The van der Waals surface area contributed by atoms with Crippen molar-refractivity contribution in [2.24, 2.45) is 0 Å². The van der Waals surface area contributed by atoms with E-state index in [0.717, 1.165) is 11.4 Å². The Morgan fingerprint density at radius 3 is 2.50 bits per heavy atom. The molecule has 18 heavy (non-hydrogen) atoms. The number of hydrogen-bond donors (Lipinski definition) is 0. The lowest BCUT2D eigenvalue weighted by Crippen LogP contribution is -2.04. The topological polar surface area (TPSA) is 53.3 Å². The van der Waals surface area contributed by atoms with Gasteiger partial charge in [0.2, 0.25) is 0 Å². The van der Waals surface area contributed by atoms with Crippen LogP contribution in [-0.4, -0.2) is 30.0 Å². The molecule has 0 fully saturated rings. The van der Waals surface area contributed by atoms with E-state index in [9.17, 15) is 4.79 Å². The van der Waals surface area contributed by atoms with Gasteiger partial charge in [-0.05, 0) is 40.2 Å². The molecule has 0 saturated heterocycles. The molecule has 0 spiro atoms. The number of halogens is 1. The Balaban J connectivity index is 2.36. The second kappa shape index (κ2) is 5.22. The second-order valence-corrected chi connectivity index (χ2v) is 4.31. The Labute approximate surface area is 112 Å². The highest BCUT2D eigenvalue weighted by molar-refractivity contribution is 9.10. The van der Waals surface area contributed by atoms with Crippen LogP contribution in [0.15, 0.2) is 34.9 Å². The van der Waals surface area contributed by atoms with Gasteiger partial charge in [0.25, 0.3) is 0 Å². The van der Waals surface area contributed by atoms with E-state index in [1.807, 2.05) is 24.3 Å². The van der Waals surface area contributed by atoms with Crippen molar-refractivity contribution in [2.45, 2.75) is 0 Å². The normalized spacial score (nSPS) is 10.2. The molecule has 1 heterocycles. The van der Waals surface area contributed by atoms with E-state index in [-0.39, 0.29) is 5.69 Å². The van der Waals surface area contributed by atoms with Gasteiger partial charge in [0.15, 0.2) is 5.69 Å². The summed E-state index contributed by atoms with van der Waals surface area (Å²) in [6.45, 7) is 0. The van der Waals surface area contributed by atoms with Gasteiger partial charge in [-0.3, -0.25) is 0 Å². The Kier molecular flexibility index (Phi) is 3.66. The van der Waals surface area contributed by atoms with Crippen molar-refractivity contribution in [1.82, 2.24) is 9.78 Å². The van der Waals surface area contributed by atoms with Crippen LogP contribution < -0.4 is 4.74 Å². The van der Waals surface area contributed by atoms with Gasteiger partial charge in [-0.2, -0.15) is 5.10 Å². The Bertz CT molecular complexity index is 563. The molecule has 2 rings (SSSR count). The van der Waals surface area contributed by atoms with E-state index >= 15 is 0 Å². The summed E-state index contributed by atoms with van der Waals surface area (Å²) in [7, 11) is 2.93. The zero-order valence-corrected chi connectivity index (χ0v) is 11.5. The second-order valence-electron chi connectivity index (χ2n) is 3.46. The molecule has 1 aromatic carbocycles. The summed E-state index contributed by atoms with van der Waals surface area (Å²) in [5, 5.41) is 4.16. The summed E-state index contributed by atoms with van der Waals surface area (Å²) in [6.07, 6.45) is 1.70. The average molecular weight is 311 g/mol. The quantitative estimate of drug-likeness (QED) is 0.817. The summed E-state index contributed by atoms with van der Waals surface area (Å²) in [5.41, 5.74) is 1.07. The lowest BCUT2D eigenvalue weighted by Gasteiger charge is -2.02. The van der Waals surface area contributed by atoms with E-state index in [1.165, 1.54) is 7.11 Å². The average Bonchev–Trinajstić information content (AvgIpc) is 2.80. The van der Waals surface area contributed by atoms with Crippen LogP contribution in [0.4, 0.5) is 0 Å². The highest BCUT2D eigenvalue weighted by Crippen LogP contribution is 2.20. The van der Waals surface area contributed by atoms with Crippen molar-refractivity contribution in [3.63, 3.8) is 0 Å². The molecule has 2 aromatic rings. The monoisotopic (exact) mass is 310 g/mol. The molecular weight excluding hydrogens is 300 g/mol. The molecule has 1 aromatic heterocycles. The summed E-state index contributed by atoms with van der Waals surface area (Å²) < 4.78 is 11.9. The standard InChI is InChI=1S/C12H11BrN2O3/c1-17-9-5-3-8(4-6-9)15-7-10(13)11(14-15)12(16)18-2/h3-7H,1-2H3. The number of esters is 1. The first-order valence-corrected chi connectivity index (χ1v) is 5.93. The number of rotatable bonds is 3. The van der Waals surface area contributed by atoms with Crippen molar-refractivity contribution in [3.05, 3.63) is 40.6 Å². The Morgan fingerprint density at radius 1 is 1.28 bits per heavy atom. The third-order valence-corrected chi connectivity index (χ3v) is 2.97. The molecule has 0 bridgehead atoms. The Morgan fingerprint density at radius 2 is 1.94 bits per heavy atom. The fourth-order valence-electron chi connectivity index (χ4n) is 1.46. The molecule has 0 saturated carbocycles. The van der Waals surface area contributed by atoms with E-state index in [0.29, 0.717) is 4.47 Å². The molecule has 0 amide bonds. The van der Waals surface area contributed by atoms with Crippen molar-refractivity contribution in [2.75, 3.05) is 14.2 Å². The minimum Gasteiger partial charge on any atom is -0.497 e. The van der Waals surface area contributed by atoms with E-state index in [4.69, 9.17) is 4.74 Å². The SMILES string of the molecule is COC(=O)c1nn(-c2ccc(OC)cc2)cc1Br. The van der Waals surface area contributed by atoms with Crippen LogP contribution in [0.5, 0.6) is 5.75 Å². The van der Waals surface area contributed by atoms with Gasteiger partial charge < -0.3 is 9.47 Å². The van der Waals surface area contributed by atoms with Gasteiger partial charge in [-0.25, -0.2) is 9.48 Å². The molecule has 0 unspecified atom stereocenters. The van der Waals surface area contributed by atoms with Gasteiger partial charge >= 0.3 is 5.97 Å². The van der Waals surface area contributed by atoms with Gasteiger partial charge in [-0.1, -0.05) is 0 Å². The number of hydrogen-bond acceptors (Lipinski definition) is 4. The number of benzene rings is 1.